The van der Waals surface area contributed by atoms with E-state index in [1.165, 1.54) is 5.56 Å². The molecule has 3 aromatic rings. The molecule has 0 aliphatic carbocycles. The summed E-state index contributed by atoms with van der Waals surface area (Å²) < 4.78 is 0. The summed E-state index contributed by atoms with van der Waals surface area (Å²) in [5.74, 6) is 0.0427. The Labute approximate surface area is 139 Å². The number of thioether (sulfide) groups is 1. The van der Waals surface area contributed by atoms with Crippen LogP contribution in [-0.2, 0) is 4.79 Å². The first-order valence-electron chi connectivity index (χ1n) is 7.53. The minimum absolute atomic E-state index is 0.0427. The molecule has 2 nitrogen and oxygen atoms in total. The predicted octanol–water partition coefficient (Wildman–Crippen LogP) is 5.14. The Balaban J connectivity index is 1.63. The number of carbonyl (C=O) groups is 1. The number of benzene rings is 3. The molecule has 1 unspecified atom stereocenters. The van der Waals surface area contributed by atoms with E-state index < -0.39 is 0 Å². The first-order chi connectivity index (χ1) is 11.3. The minimum Gasteiger partial charge on any atom is -0.324 e. The van der Waals surface area contributed by atoms with Crippen LogP contribution in [0.5, 0.6) is 0 Å². The van der Waals surface area contributed by atoms with E-state index >= 15 is 0 Å². The molecule has 1 aliphatic rings. The number of anilines is 1. The highest BCUT2D eigenvalue weighted by molar-refractivity contribution is 8.00. The van der Waals surface area contributed by atoms with Crippen LogP contribution in [0.3, 0.4) is 0 Å². The highest BCUT2D eigenvalue weighted by atomic mass is 32.2. The van der Waals surface area contributed by atoms with Gasteiger partial charge in [0.1, 0.15) is 5.25 Å². The third kappa shape index (κ3) is 2.76. The molecule has 0 aromatic heterocycles. The topological polar surface area (TPSA) is 29.1 Å². The van der Waals surface area contributed by atoms with Gasteiger partial charge in [0.2, 0.25) is 5.91 Å². The van der Waals surface area contributed by atoms with Gasteiger partial charge in [0.15, 0.2) is 0 Å². The molecule has 1 atom stereocenters. The molecule has 0 saturated heterocycles. The second-order valence-electron chi connectivity index (χ2n) is 5.47. The summed E-state index contributed by atoms with van der Waals surface area (Å²) in [6.07, 6.45) is 0. The molecule has 1 amide bonds. The van der Waals surface area contributed by atoms with Crippen LogP contribution < -0.4 is 5.32 Å². The van der Waals surface area contributed by atoms with Gasteiger partial charge in [-0.25, -0.2) is 0 Å². The molecule has 1 N–H and O–H groups in total. The number of nitrogens with one attached hydrogen (secondary N) is 1. The van der Waals surface area contributed by atoms with Gasteiger partial charge in [-0.2, -0.15) is 0 Å². The van der Waals surface area contributed by atoms with Crippen molar-refractivity contribution in [2.75, 3.05) is 5.32 Å². The van der Waals surface area contributed by atoms with Crippen molar-refractivity contribution in [2.24, 2.45) is 0 Å². The fraction of sp³-hybridized carbons (Fsp3) is 0.0500. The molecule has 3 heteroatoms. The maximum Gasteiger partial charge on any atom is 0.242 e. The van der Waals surface area contributed by atoms with E-state index in [1.807, 2.05) is 54.6 Å². The fourth-order valence-electron chi connectivity index (χ4n) is 2.75. The zero-order valence-electron chi connectivity index (χ0n) is 12.4. The summed E-state index contributed by atoms with van der Waals surface area (Å²) in [7, 11) is 0. The molecule has 0 saturated carbocycles. The lowest BCUT2D eigenvalue weighted by Gasteiger charge is -2.24. The van der Waals surface area contributed by atoms with Crippen molar-refractivity contribution in [2.45, 2.75) is 10.1 Å². The molecule has 1 heterocycles. The Kier molecular flexibility index (Phi) is 3.64. The molecule has 23 heavy (non-hydrogen) atoms. The Bertz CT molecular complexity index is 843. The van der Waals surface area contributed by atoms with E-state index in [-0.39, 0.29) is 11.2 Å². The molecular formula is C20H15NOS. The molecular weight excluding hydrogens is 302 g/mol. The molecule has 0 spiro atoms. The average Bonchev–Trinajstić information content (AvgIpc) is 2.62. The Morgan fingerprint density at radius 3 is 2.17 bits per heavy atom. The van der Waals surface area contributed by atoms with Crippen LogP contribution in [-0.4, -0.2) is 5.91 Å². The molecule has 1 aliphatic heterocycles. The van der Waals surface area contributed by atoms with Crippen LogP contribution in [0.2, 0.25) is 0 Å². The molecule has 4 rings (SSSR count). The summed E-state index contributed by atoms with van der Waals surface area (Å²) in [5.41, 5.74) is 4.28. The van der Waals surface area contributed by atoms with Crippen LogP contribution in [0.15, 0.2) is 83.8 Å². The van der Waals surface area contributed by atoms with Gasteiger partial charge in [0.25, 0.3) is 0 Å². The van der Waals surface area contributed by atoms with E-state index in [1.54, 1.807) is 11.8 Å². The van der Waals surface area contributed by atoms with Gasteiger partial charge in [-0.05, 0) is 28.8 Å². The van der Waals surface area contributed by atoms with Crippen LogP contribution >= 0.6 is 11.8 Å². The van der Waals surface area contributed by atoms with Gasteiger partial charge >= 0.3 is 0 Å². The van der Waals surface area contributed by atoms with E-state index in [9.17, 15) is 4.79 Å². The molecule has 0 radical (unpaired) electrons. The standard InChI is InChI=1S/C20H15NOS/c22-20-19(23-18-9-5-4-8-17(18)21-20)16-12-10-15(11-13-16)14-6-2-1-3-7-14/h1-13,19H,(H,21,22). The van der Waals surface area contributed by atoms with Crippen LogP contribution in [0.25, 0.3) is 11.1 Å². The van der Waals surface area contributed by atoms with Crippen LogP contribution in [0.1, 0.15) is 10.8 Å². The van der Waals surface area contributed by atoms with E-state index in [0.29, 0.717) is 0 Å². The first-order valence-corrected chi connectivity index (χ1v) is 8.41. The lowest BCUT2D eigenvalue weighted by atomic mass is 10.0. The summed E-state index contributed by atoms with van der Waals surface area (Å²) in [6, 6.07) is 26.4. The summed E-state index contributed by atoms with van der Waals surface area (Å²) in [4.78, 5) is 13.5. The number of amides is 1. The minimum atomic E-state index is -0.199. The largest absolute Gasteiger partial charge is 0.324 e. The second kappa shape index (κ2) is 5.94. The number of carbonyl (C=O) groups excluding carboxylic acids is 1. The highest BCUT2D eigenvalue weighted by Crippen LogP contribution is 2.43. The third-order valence-corrected chi connectivity index (χ3v) is 5.28. The Morgan fingerprint density at radius 1 is 0.739 bits per heavy atom. The SMILES string of the molecule is O=C1Nc2ccccc2SC1c1ccc(-c2ccccc2)cc1. The van der Waals surface area contributed by atoms with E-state index in [2.05, 4.69) is 29.6 Å². The summed E-state index contributed by atoms with van der Waals surface area (Å²) in [6.45, 7) is 0. The highest BCUT2D eigenvalue weighted by Gasteiger charge is 2.27. The normalized spacial score (nSPS) is 16.5. The van der Waals surface area contributed by atoms with Crippen LogP contribution in [0.4, 0.5) is 5.69 Å². The van der Waals surface area contributed by atoms with Crippen molar-refractivity contribution in [1.29, 1.82) is 0 Å². The second-order valence-corrected chi connectivity index (χ2v) is 6.62. The number of hydrogen-bond donors (Lipinski definition) is 1. The summed E-state index contributed by atoms with van der Waals surface area (Å²) in [5, 5.41) is 2.80. The summed E-state index contributed by atoms with van der Waals surface area (Å²) >= 11 is 1.61. The van der Waals surface area contributed by atoms with Gasteiger partial charge in [-0.15, -0.1) is 11.8 Å². The van der Waals surface area contributed by atoms with Crippen molar-refractivity contribution in [3.63, 3.8) is 0 Å². The van der Waals surface area contributed by atoms with E-state index in [0.717, 1.165) is 21.7 Å². The number of hydrogen-bond acceptors (Lipinski definition) is 2. The molecule has 112 valence electrons. The maximum absolute atomic E-state index is 12.4. The third-order valence-electron chi connectivity index (χ3n) is 3.95. The fourth-order valence-corrected chi connectivity index (χ4v) is 3.87. The number of fused-ring (bicyclic) bond motifs is 1. The van der Waals surface area contributed by atoms with Gasteiger partial charge < -0.3 is 5.32 Å². The van der Waals surface area contributed by atoms with Gasteiger partial charge in [0, 0.05) is 4.90 Å². The van der Waals surface area contributed by atoms with Crippen molar-refractivity contribution in [3.8, 4) is 11.1 Å². The van der Waals surface area contributed by atoms with Gasteiger partial charge in [-0.3, -0.25) is 4.79 Å². The quantitative estimate of drug-likeness (QED) is 0.709. The predicted molar refractivity (Wildman–Crippen MR) is 95.5 cm³/mol. The first kappa shape index (κ1) is 14.1. The molecule has 0 fully saturated rings. The Morgan fingerprint density at radius 2 is 1.39 bits per heavy atom. The van der Waals surface area contributed by atoms with Crippen molar-refractivity contribution < 1.29 is 4.79 Å². The number of rotatable bonds is 2. The molecule has 3 aromatic carbocycles. The number of para-hydroxylation sites is 1. The van der Waals surface area contributed by atoms with Crippen molar-refractivity contribution >= 4 is 23.4 Å². The zero-order valence-corrected chi connectivity index (χ0v) is 13.2. The van der Waals surface area contributed by atoms with Crippen LogP contribution in [0, 0.1) is 0 Å². The van der Waals surface area contributed by atoms with Crippen molar-refractivity contribution in [1.82, 2.24) is 0 Å². The lowest BCUT2D eigenvalue weighted by Crippen LogP contribution is -2.22. The average molecular weight is 317 g/mol. The van der Waals surface area contributed by atoms with E-state index in [4.69, 9.17) is 0 Å². The zero-order chi connectivity index (χ0) is 15.6. The monoisotopic (exact) mass is 317 g/mol. The smallest absolute Gasteiger partial charge is 0.242 e. The maximum atomic E-state index is 12.4. The van der Waals surface area contributed by atoms with Crippen molar-refractivity contribution in [3.05, 3.63) is 84.4 Å². The molecule has 0 bridgehead atoms. The van der Waals surface area contributed by atoms with Gasteiger partial charge in [-0.1, -0.05) is 66.7 Å². The van der Waals surface area contributed by atoms with Gasteiger partial charge in [0.05, 0.1) is 5.69 Å². The Hall–Kier alpha value is -2.52. The lowest BCUT2D eigenvalue weighted by molar-refractivity contribution is -0.115.